The summed E-state index contributed by atoms with van der Waals surface area (Å²) in [5, 5.41) is 0. The Kier molecular flexibility index (Phi) is 3.72. The lowest BCUT2D eigenvalue weighted by molar-refractivity contribution is 0.0957. The smallest absolute Gasteiger partial charge is 0.252 e. The maximum Gasteiger partial charge on any atom is 0.252 e. The van der Waals surface area contributed by atoms with Crippen molar-refractivity contribution >= 4 is 33.0 Å². The number of ether oxygens (including phenoxy) is 1. The molecular formula is C10H15ClN2O3S2. The van der Waals surface area contributed by atoms with Crippen LogP contribution in [-0.2, 0) is 14.8 Å². The first-order chi connectivity index (χ1) is 8.24. The number of aromatic nitrogens is 1. The van der Waals surface area contributed by atoms with Crippen molar-refractivity contribution in [3.63, 3.8) is 0 Å². The average molecular weight is 311 g/mol. The standard InChI is InChI=1S/C10H15ClN2O3S2/c1-6-8(17-9(11)12-6)18(14,15)13-10(3)4-5-16-7(10)2/h7,13H,4-5H2,1-3H3. The summed E-state index contributed by atoms with van der Waals surface area (Å²) in [6.07, 6.45) is 0.495. The topological polar surface area (TPSA) is 68.3 Å². The number of hydrogen-bond donors (Lipinski definition) is 1. The Labute approximate surface area is 116 Å². The van der Waals surface area contributed by atoms with Crippen LogP contribution in [-0.4, -0.2) is 31.7 Å². The average Bonchev–Trinajstić information content (AvgIpc) is 2.71. The van der Waals surface area contributed by atoms with E-state index in [1.54, 1.807) is 6.92 Å². The molecule has 18 heavy (non-hydrogen) atoms. The summed E-state index contributed by atoms with van der Waals surface area (Å²) in [6, 6.07) is 0. The lowest BCUT2D eigenvalue weighted by Crippen LogP contribution is -2.50. The molecule has 5 nitrogen and oxygen atoms in total. The molecule has 2 rings (SSSR count). The molecule has 1 fully saturated rings. The fraction of sp³-hybridized carbons (Fsp3) is 0.700. The quantitative estimate of drug-likeness (QED) is 0.926. The number of hydrogen-bond acceptors (Lipinski definition) is 5. The number of sulfonamides is 1. The van der Waals surface area contributed by atoms with Crippen molar-refractivity contribution in [2.24, 2.45) is 0 Å². The zero-order chi connectivity index (χ0) is 13.6. The van der Waals surface area contributed by atoms with E-state index in [1.165, 1.54) is 0 Å². The molecular weight excluding hydrogens is 296 g/mol. The van der Waals surface area contributed by atoms with Crippen LogP contribution in [0.15, 0.2) is 4.21 Å². The molecule has 2 atom stereocenters. The summed E-state index contributed by atoms with van der Waals surface area (Å²) in [6.45, 7) is 5.90. The van der Waals surface area contributed by atoms with Gasteiger partial charge >= 0.3 is 0 Å². The van der Waals surface area contributed by atoms with Gasteiger partial charge < -0.3 is 4.74 Å². The van der Waals surface area contributed by atoms with E-state index >= 15 is 0 Å². The second-order valence-electron chi connectivity index (χ2n) is 4.63. The van der Waals surface area contributed by atoms with Gasteiger partial charge in [0.05, 0.1) is 17.3 Å². The lowest BCUT2D eigenvalue weighted by atomic mass is 9.97. The monoisotopic (exact) mass is 310 g/mol. The van der Waals surface area contributed by atoms with Gasteiger partial charge in [-0.1, -0.05) is 22.9 Å². The Morgan fingerprint density at radius 3 is 2.72 bits per heavy atom. The van der Waals surface area contributed by atoms with E-state index in [9.17, 15) is 8.42 Å². The Balaban J connectivity index is 2.30. The van der Waals surface area contributed by atoms with Gasteiger partial charge in [0.1, 0.15) is 0 Å². The Morgan fingerprint density at radius 1 is 1.61 bits per heavy atom. The molecule has 0 amide bonds. The SMILES string of the molecule is Cc1nc(Cl)sc1S(=O)(=O)NC1(C)CCOC1C. The summed E-state index contributed by atoms with van der Waals surface area (Å²) < 4.78 is 33.2. The van der Waals surface area contributed by atoms with Gasteiger partial charge in [0.15, 0.2) is 8.68 Å². The molecule has 1 aliphatic heterocycles. The third kappa shape index (κ3) is 2.55. The third-order valence-electron chi connectivity index (χ3n) is 3.23. The van der Waals surface area contributed by atoms with Crippen molar-refractivity contribution in [3.05, 3.63) is 10.2 Å². The fourth-order valence-corrected chi connectivity index (χ4v) is 5.16. The first-order valence-corrected chi connectivity index (χ1v) is 8.21. The van der Waals surface area contributed by atoms with Gasteiger partial charge in [-0.2, -0.15) is 0 Å². The number of aryl methyl sites for hydroxylation is 1. The predicted octanol–water partition coefficient (Wildman–Crippen LogP) is 1.95. The highest BCUT2D eigenvalue weighted by atomic mass is 35.5. The van der Waals surface area contributed by atoms with E-state index in [0.717, 1.165) is 11.3 Å². The summed E-state index contributed by atoms with van der Waals surface area (Å²) in [7, 11) is -3.60. The van der Waals surface area contributed by atoms with Crippen LogP contribution in [0, 0.1) is 6.92 Å². The fourth-order valence-electron chi connectivity index (χ4n) is 1.92. The number of halogens is 1. The maximum atomic E-state index is 12.3. The zero-order valence-electron chi connectivity index (χ0n) is 10.4. The molecule has 0 aliphatic carbocycles. The molecule has 2 unspecified atom stereocenters. The van der Waals surface area contributed by atoms with Crippen LogP contribution in [0.2, 0.25) is 4.47 Å². The molecule has 1 aromatic rings. The Morgan fingerprint density at radius 2 is 2.28 bits per heavy atom. The molecule has 8 heteroatoms. The van der Waals surface area contributed by atoms with Crippen LogP contribution < -0.4 is 4.72 Å². The van der Waals surface area contributed by atoms with Crippen LogP contribution >= 0.6 is 22.9 Å². The molecule has 0 aromatic carbocycles. The molecule has 2 heterocycles. The molecule has 0 bridgehead atoms. The van der Waals surface area contributed by atoms with Crippen LogP contribution in [0.3, 0.4) is 0 Å². The first kappa shape index (κ1) is 14.2. The van der Waals surface area contributed by atoms with Crippen molar-refractivity contribution in [1.82, 2.24) is 9.71 Å². The largest absolute Gasteiger partial charge is 0.376 e. The van der Waals surface area contributed by atoms with Gasteiger partial charge in [-0.15, -0.1) is 0 Å². The predicted molar refractivity (Wildman–Crippen MR) is 70.6 cm³/mol. The minimum Gasteiger partial charge on any atom is -0.376 e. The molecule has 1 aliphatic rings. The number of rotatable bonds is 3. The number of nitrogens with zero attached hydrogens (tertiary/aromatic N) is 1. The Bertz CT molecular complexity index is 557. The number of thiazole rings is 1. The highest BCUT2D eigenvalue weighted by molar-refractivity contribution is 7.91. The maximum absolute atomic E-state index is 12.3. The van der Waals surface area contributed by atoms with Crippen LogP contribution in [0.1, 0.15) is 26.0 Å². The minimum atomic E-state index is -3.60. The minimum absolute atomic E-state index is 0.157. The van der Waals surface area contributed by atoms with E-state index in [4.69, 9.17) is 16.3 Å². The van der Waals surface area contributed by atoms with Crippen molar-refractivity contribution in [3.8, 4) is 0 Å². The lowest BCUT2D eigenvalue weighted by Gasteiger charge is -2.28. The highest BCUT2D eigenvalue weighted by Gasteiger charge is 2.41. The molecule has 0 saturated carbocycles. The second-order valence-corrected chi connectivity index (χ2v) is 8.08. The van der Waals surface area contributed by atoms with Gasteiger partial charge in [0, 0.05) is 6.61 Å². The van der Waals surface area contributed by atoms with Crippen LogP contribution in [0.4, 0.5) is 0 Å². The van der Waals surface area contributed by atoms with Crippen LogP contribution in [0.25, 0.3) is 0 Å². The molecule has 0 spiro atoms. The van der Waals surface area contributed by atoms with Crippen molar-refractivity contribution in [2.75, 3.05) is 6.61 Å². The molecule has 1 N–H and O–H groups in total. The van der Waals surface area contributed by atoms with E-state index in [1.807, 2.05) is 13.8 Å². The van der Waals surface area contributed by atoms with Crippen molar-refractivity contribution in [1.29, 1.82) is 0 Å². The van der Waals surface area contributed by atoms with E-state index < -0.39 is 15.6 Å². The molecule has 1 saturated heterocycles. The van der Waals surface area contributed by atoms with Gasteiger partial charge in [-0.05, 0) is 27.2 Å². The van der Waals surface area contributed by atoms with Crippen LogP contribution in [0.5, 0.6) is 0 Å². The first-order valence-electron chi connectivity index (χ1n) is 5.53. The van der Waals surface area contributed by atoms with Gasteiger partial charge in [0.25, 0.3) is 10.0 Å². The summed E-state index contributed by atoms with van der Waals surface area (Å²) in [5.74, 6) is 0. The van der Waals surface area contributed by atoms with Gasteiger partial charge in [-0.25, -0.2) is 18.1 Å². The zero-order valence-corrected chi connectivity index (χ0v) is 12.7. The molecule has 102 valence electrons. The molecule has 1 aromatic heterocycles. The van der Waals surface area contributed by atoms with E-state index in [0.29, 0.717) is 18.7 Å². The highest BCUT2D eigenvalue weighted by Crippen LogP contribution is 2.31. The summed E-state index contributed by atoms with van der Waals surface area (Å²) >= 11 is 6.71. The van der Waals surface area contributed by atoms with Gasteiger partial charge in [0.2, 0.25) is 0 Å². The van der Waals surface area contributed by atoms with Crippen molar-refractivity contribution in [2.45, 2.75) is 43.0 Å². The summed E-state index contributed by atoms with van der Waals surface area (Å²) in [5.41, 5.74) is -0.158. The van der Waals surface area contributed by atoms with E-state index in [-0.39, 0.29) is 14.8 Å². The van der Waals surface area contributed by atoms with Gasteiger partial charge in [-0.3, -0.25) is 0 Å². The van der Waals surface area contributed by atoms with Crippen molar-refractivity contribution < 1.29 is 13.2 Å². The normalized spacial score (nSPS) is 28.8. The Hall–Kier alpha value is -0.210. The number of nitrogens with one attached hydrogen (secondary N) is 1. The second kappa shape index (κ2) is 4.72. The van der Waals surface area contributed by atoms with E-state index in [2.05, 4.69) is 9.71 Å². The third-order valence-corrected chi connectivity index (χ3v) is 6.71. The molecule has 0 radical (unpaired) electrons. The summed E-state index contributed by atoms with van der Waals surface area (Å²) in [4.78, 5) is 3.93.